The van der Waals surface area contributed by atoms with E-state index in [1.165, 1.54) is 18.5 Å². The maximum atomic E-state index is 14.1. The number of nitrogen functional groups attached to an aromatic ring is 2. The summed E-state index contributed by atoms with van der Waals surface area (Å²) >= 11 is 0. The van der Waals surface area contributed by atoms with Crippen molar-refractivity contribution in [3.63, 3.8) is 0 Å². The number of fused-ring (bicyclic) bond motifs is 1. The predicted octanol–water partition coefficient (Wildman–Crippen LogP) is 3.49. The van der Waals surface area contributed by atoms with Crippen molar-refractivity contribution >= 4 is 16.9 Å². The molecule has 0 saturated heterocycles. The highest BCUT2D eigenvalue weighted by Crippen LogP contribution is 2.34. The fourth-order valence-corrected chi connectivity index (χ4v) is 2.60. The van der Waals surface area contributed by atoms with E-state index in [4.69, 9.17) is 16.2 Å². The lowest BCUT2D eigenvalue weighted by atomic mass is 10.1. The topological polar surface area (TPSA) is 91.5 Å². The summed E-state index contributed by atoms with van der Waals surface area (Å²) < 4.78 is 21.4. The van der Waals surface area contributed by atoms with E-state index in [1.807, 2.05) is 30.3 Å². The van der Waals surface area contributed by atoms with Crippen molar-refractivity contribution in [3.8, 4) is 22.8 Å². The minimum absolute atomic E-state index is 0.0410. The lowest BCUT2D eigenvalue weighted by molar-refractivity contribution is 0.428. The molecule has 0 radical (unpaired) electrons. The predicted molar refractivity (Wildman–Crippen MR) is 93.7 cm³/mol. The largest absolute Gasteiger partial charge is 0.434 e. The molecule has 0 spiro atoms. The zero-order chi connectivity index (χ0) is 17.4. The lowest BCUT2D eigenvalue weighted by Gasteiger charge is -2.09. The average molecular weight is 335 g/mol. The Bertz CT molecular complexity index is 1060. The number of aromatic nitrogens is 3. The quantitative estimate of drug-likeness (QED) is 0.559. The molecule has 124 valence electrons. The van der Waals surface area contributed by atoms with Gasteiger partial charge >= 0.3 is 0 Å². The first kappa shape index (κ1) is 14.9. The smallest absolute Gasteiger partial charge is 0.247 e. The highest BCUT2D eigenvalue weighted by atomic mass is 19.1. The van der Waals surface area contributed by atoms with Crippen LogP contribution in [-0.4, -0.2) is 14.6 Å². The van der Waals surface area contributed by atoms with Crippen molar-refractivity contribution in [2.45, 2.75) is 0 Å². The van der Waals surface area contributed by atoms with Crippen LogP contribution in [0.1, 0.15) is 0 Å². The van der Waals surface area contributed by atoms with Gasteiger partial charge in [0, 0.05) is 29.2 Å². The van der Waals surface area contributed by atoms with Gasteiger partial charge in [-0.1, -0.05) is 12.1 Å². The number of rotatable bonds is 3. The van der Waals surface area contributed by atoms with Crippen molar-refractivity contribution < 1.29 is 9.13 Å². The van der Waals surface area contributed by atoms with Crippen LogP contribution in [0.2, 0.25) is 0 Å². The highest BCUT2D eigenvalue weighted by molar-refractivity contribution is 5.84. The average Bonchev–Trinajstić information content (AvgIpc) is 3.03. The molecule has 4 rings (SSSR count). The Labute approximate surface area is 142 Å². The maximum absolute atomic E-state index is 14.1. The van der Waals surface area contributed by atoms with Crippen LogP contribution < -0.4 is 16.2 Å². The van der Waals surface area contributed by atoms with E-state index in [0.29, 0.717) is 16.9 Å². The van der Waals surface area contributed by atoms with Gasteiger partial charge < -0.3 is 16.2 Å². The molecule has 0 bridgehead atoms. The van der Waals surface area contributed by atoms with E-state index in [9.17, 15) is 4.39 Å². The van der Waals surface area contributed by atoms with Crippen LogP contribution in [0.4, 0.5) is 15.8 Å². The third kappa shape index (κ3) is 2.72. The molecule has 6 nitrogen and oxygen atoms in total. The van der Waals surface area contributed by atoms with Crippen LogP contribution in [0.15, 0.2) is 61.1 Å². The molecular formula is C18H14FN5O. The summed E-state index contributed by atoms with van der Waals surface area (Å²) in [5, 5.41) is 4.17. The standard InChI is InChI=1S/C18H14FN5O/c19-15-9-13(21)5-6-16(15)25-18-17-14(7-8-24(17)23-10-22-18)11-1-3-12(20)4-2-11/h1-10H,20-21H2. The fraction of sp³-hybridized carbons (Fsp3) is 0. The third-order valence-electron chi connectivity index (χ3n) is 3.80. The molecular weight excluding hydrogens is 321 g/mol. The minimum atomic E-state index is -0.558. The third-order valence-corrected chi connectivity index (χ3v) is 3.80. The second-order valence-electron chi connectivity index (χ2n) is 5.50. The molecule has 7 heteroatoms. The highest BCUT2D eigenvalue weighted by Gasteiger charge is 2.15. The Hall–Kier alpha value is -3.61. The summed E-state index contributed by atoms with van der Waals surface area (Å²) in [6.45, 7) is 0. The molecule has 0 aliphatic rings. The molecule has 0 unspecified atom stereocenters. The molecule has 0 aliphatic carbocycles. The van der Waals surface area contributed by atoms with Crippen LogP contribution in [-0.2, 0) is 0 Å². The molecule has 25 heavy (non-hydrogen) atoms. The maximum Gasteiger partial charge on any atom is 0.247 e. The molecule has 0 saturated carbocycles. The van der Waals surface area contributed by atoms with E-state index >= 15 is 0 Å². The number of halogens is 1. The number of anilines is 2. The summed E-state index contributed by atoms with van der Waals surface area (Å²) in [5.41, 5.74) is 14.7. The second-order valence-corrected chi connectivity index (χ2v) is 5.50. The van der Waals surface area contributed by atoms with Gasteiger partial charge in [0.15, 0.2) is 11.6 Å². The fourth-order valence-electron chi connectivity index (χ4n) is 2.60. The van der Waals surface area contributed by atoms with Gasteiger partial charge in [-0.05, 0) is 35.9 Å². The van der Waals surface area contributed by atoms with Crippen molar-refractivity contribution in [2.24, 2.45) is 0 Å². The second kappa shape index (κ2) is 5.79. The summed E-state index contributed by atoms with van der Waals surface area (Å²) in [7, 11) is 0. The van der Waals surface area contributed by atoms with E-state index in [2.05, 4.69) is 10.1 Å². The number of benzene rings is 2. The van der Waals surface area contributed by atoms with Crippen molar-refractivity contribution in [1.82, 2.24) is 14.6 Å². The number of nitrogens with two attached hydrogens (primary N) is 2. The van der Waals surface area contributed by atoms with Crippen LogP contribution in [0.3, 0.4) is 0 Å². The van der Waals surface area contributed by atoms with Crippen molar-refractivity contribution in [1.29, 1.82) is 0 Å². The van der Waals surface area contributed by atoms with Crippen LogP contribution >= 0.6 is 0 Å². The molecule has 4 N–H and O–H groups in total. The Morgan fingerprint density at radius 1 is 0.960 bits per heavy atom. The normalized spacial score (nSPS) is 10.9. The summed E-state index contributed by atoms with van der Waals surface area (Å²) in [6.07, 6.45) is 3.14. The number of hydrogen-bond donors (Lipinski definition) is 2. The molecule has 0 amide bonds. The Balaban J connectivity index is 1.84. The summed E-state index contributed by atoms with van der Waals surface area (Å²) in [6, 6.07) is 13.5. The Morgan fingerprint density at radius 3 is 2.48 bits per heavy atom. The first-order chi connectivity index (χ1) is 12.1. The Kier molecular flexibility index (Phi) is 3.46. The van der Waals surface area contributed by atoms with Gasteiger partial charge in [0.25, 0.3) is 0 Å². The van der Waals surface area contributed by atoms with Crippen LogP contribution in [0.5, 0.6) is 11.6 Å². The van der Waals surface area contributed by atoms with Crippen molar-refractivity contribution in [2.75, 3.05) is 11.5 Å². The molecule has 2 aromatic carbocycles. The summed E-state index contributed by atoms with van der Waals surface area (Å²) in [5.74, 6) is -0.271. The zero-order valence-electron chi connectivity index (χ0n) is 13.1. The summed E-state index contributed by atoms with van der Waals surface area (Å²) in [4.78, 5) is 4.16. The minimum Gasteiger partial charge on any atom is -0.434 e. The van der Waals surface area contributed by atoms with Crippen molar-refractivity contribution in [3.05, 3.63) is 66.9 Å². The van der Waals surface area contributed by atoms with Crippen LogP contribution in [0.25, 0.3) is 16.6 Å². The molecule has 0 fully saturated rings. The monoisotopic (exact) mass is 335 g/mol. The number of ether oxygens (including phenoxy) is 1. The van der Waals surface area contributed by atoms with Gasteiger partial charge in [0.1, 0.15) is 11.8 Å². The molecule has 0 aliphatic heterocycles. The number of nitrogens with zero attached hydrogens (tertiary/aromatic N) is 3. The van der Waals surface area contributed by atoms with Gasteiger partial charge in [-0.25, -0.2) is 8.91 Å². The van der Waals surface area contributed by atoms with Gasteiger partial charge in [-0.2, -0.15) is 10.1 Å². The molecule has 2 heterocycles. The van der Waals surface area contributed by atoms with Gasteiger partial charge in [0.05, 0.1) is 0 Å². The lowest BCUT2D eigenvalue weighted by Crippen LogP contribution is -1.98. The van der Waals surface area contributed by atoms with E-state index < -0.39 is 5.82 Å². The van der Waals surface area contributed by atoms with Gasteiger partial charge in [-0.3, -0.25) is 0 Å². The van der Waals surface area contributed by atoms with E-state index in [-0.39, 0.29) is 11.6 Å². The molecule has 4 aromatic rings. The Morgan fingerprint density at radius 2 is 1.72 bits per heavy atom. The molecule has 2 aromatic heterocycles. The van der Waals surface area contributed by atoms with Crippen LogP contribution in [0, 0.1) is 5.82 Å². The SMILES string of the molecule is Nc1ccc(-c2ccn3ncnc(Oc4ccc(N)cc4F)c23)cc1. The zero-order valence-corrected chi connectivity index (χ0v) is 13.1. The van der Waals surface area contributed by atoms with E-state index in [1.54, 1.807) is 16.8 Å². The molecule has 0 atom stereocenters. The first-order valence-corrected chi connectivity index (χ1v) is 7.53. The first-order valence-electron chi connectivity index (χ1n) is 7.53. The van der Waals surface area contributed by atoms with Gasteiger partial charge in [-0.15, -0.1) is 0 Å². The van der Waals surface area contributed by atoms with Gasteiger partial charge in [0.2, 0.25) is 5.88 Å². The van der Waals surface area contributed by atoms with E-state index in [0.717, 1.165) is 11.1 Å². The number of hydrogen-bond acceptors (Lipinski definition) is 5.